The molecule has 0 aliphatic heterocycles. The van der Waals surface area contributed by atoms with Gasteiger partial charge in [0.25, 0.3) is 0 Å². The van der Waals surface area contributed by atoms with E-state index < -0.39 is 11.7 Å². The van der Waals surface area contributed by atoms with Crippen molar-refractivity contribution in [3.05, 3.63) is 35.4 Å². The standard InChI is InChI=1S/C12H14F3N5S/c1-20-11(17-18-19-20)21-7-6-16-8-9-4-2-3-5-10(9)12(13,14)15/h2-5,16H,6-8H2,1H3/p+1. The average Bonchev–Trinajstić information content (AvgIpc) is 2.83. The van der Waals surface area contributed by atoms with Crippen molar-refractivity contribution in [1.29, 1.82) is 0 Å². The molecule has 1 heterocycles. The average molecular weight is 318 g/mol. The summed E-state index contributed by atoms with van der Waals surface area (Å²) in [5.41, 5.74) is -0.262. The number of halogens is 3. The molecular formula is C12H15F3N5S+. The van der Waals surface area contributed by atoms with E-state index >= 15 is 0 Å². The first-order valence-corrected chi connectivity index (χ1v) is 7.29. The molecule has 0 aliphatic carbocycles. The molecule has 0 amide bonds. The van der Waals surface area contributed by atoms with Gasteiger partial charge < -0.3 is 5.32 Å². The molecule has 0 bridgehead atoms. The van der Waals surface area contributed by atoms with Crippen molar-refractivity contribution in [2.24, 2.45) is 7.05 Å². The fourth-order valence-corrected chi connectivity index (χ4v) is 2.59. The molecule has 9 heteroatoms. The van der Waals surface area contributed by atoms with Crippen LogP contribution in [0.15, 0.2) is 29.4 Å². The minimum absolute atomic E-state index is 0.299. The van der Waals surface area contributed by atoms with E-state index in [4.69, 9.17) is 0 Å². The molecule has 0 spiro atoms. The van der Waals surface area contributed by atoms with Crippen molar-refractivity contribution in [3.63, 3.8) is 0 Å². The highest BCUT2D eigenvalue weighted by Crippen LogP contribution is 2.31. The Morgan fingerprint density at radius 2 is 2.05 bits per heavy atom. The fourth-order valence-electron chi connectivity index (χ4n) is 1.81. The van der Waals surface area contributed by atoms with E-state index in [1.807, 2.05) is 5.32 Å². The summed E-state index contributed by atoms with van der Waals surface area (Å²) in [7, 11) is 1.74. The molecule has 2 N–H and O–H groups in total. The third-order valence-electron chi connectivity index (χ3n) is 2.82. The molecule has 2 aromatic rings. The van der Waals surface area contributed by atoms with Gasteiger partial charge in [-0.1, -0.05) is 30.0 Å². The second-order valence-electron chi connectivity index (χ2n) is 4.37. The van der Waals surface area contributed by atoms with Crippen LogP contribution in [0, 0.1) is 0 Å². The van der Waals surface area contributed by atoms with Crippen LogP contribution in [0.2, 0.25) is 0 Å². The number of benzene rings is 1. The lowest BCUT2D eigenvalue weighted by atomic mass is 10.1. The molecule has 0 radical (unpaired) electrons. The predicted molar refractivity (Wildman–Crippen MR) is 71.5 cm³/mol. The topological polar surface area (TPSA) is 60.2 Å². The van der Waals surface area contributed by atoms with Crippen molar-refractivity contribution in [2.75, 3.05) is 12.3 Å². The number of aryl methyl sites for hydroxylation is 1. The number of rotatable bonds is 6. The molecule has 1 aromatic carbocycles. The highest BCUT2D eigenvalue weighted by atomic mass is 32.2. The summed E-state index contributed by atoms with van der Waals surface area (Å²) in [4.78, 5) is 0. The first-order valence-electron chi connectivity index (χ1n) is 6.30. The van der Waals surface area contributed by atoms with E-state index in [-0.39, 0.29) is 0 Å². The van der Waals surface area contributed by atoms with Crippen LogP contribution in [-0.4, -0.2) is 32.5 Å². The normalized spacial score (nSPS) is 11.8. The van der Waals surface area contributed by atoms with Crippen LogP contribution in [0.5, 0.6) is 0 Å². The molecule has 1 aromatic heterocycles. The summed E-state index contributed by atoms with van der Waals surface area (Å²) in [5, 5.41) is 13.6. The summed E-state index contributed by atoms with van der Waals surface area (Å²) in [6.45, 7) is 0.983. The van der Waals surface area contributed by atoms with Gasteiger partial charge in [0.1, 0.15) is 6.54 Å². The van der Waals surface area contributed by atoms with Gasteiger partial charge in [0.05, 0.1) is 17.9 Å². The van der Waals surface area contributed by atoms with E-state index in [9.17, 15) is 13.2 Å². The minimum atomic E-state index is -4.30. The van der Waals surface area contributed by atoms with E-state index in [0.717, 1.165) is 11.8 Å². The van der Waals surface area contributed by atoms with Gasteiger partial charge in [0, 0.05) is 12.6 Å². The first kappa shape index (κ1) is 15.8. The van der Waals surface area contributed by atoms with E-state index in [1.165, 1.54) is 23.9 Å². The third-order valence-corrected chi connectivity index (χ3v) is 3.87. The number of tetrazole rings is 1. The van der Waals surface area contributed by atoms with Crippen molar-refractivity contribution in [3.8, 4) is 0 Å². The molecule has 0 saturated carbocycles. The van der Waals surface area contributed by atoms with Crippen LogP contribution in [0.25, 0.3) is 0 Å². The molecule has 21 heavy (non-hydrogen) atoms. The number of alkyl halides is 3. The summed E-state index contributed by atoms with van der Waals surface area (Å²) in [6.07, 6.45) is -4.30. The largest absolute Gasteiger partial charge is 0.416 e. The Bertz CT molecular complexity index is 584. The van der Waals surface area contributed by atoms with Crippen LogP contribution in [0.3, 0.4) is 0 Å². The second kappa shape index (κ2) is 6.90. The van der Waals surface area contributed by atoms with E-state index in [1.54, 1.807) is 17.8 Å². The number of quaternary nitrogens is 1. The number of nitrogens with zero attached hydrogens (tertiary/aromatic N) is 4. The molecule has 2 rings (SSSR count). The van der Waals surface area contributed by atoms with Gasteiger partial charge in [-0.2, -0.15) is 13.2 Å². The van der Waals surface area contributed by atoms with Gasteiger partial charge in [0.15, 0.2) is 0 Å². The lowest BCUT2D eigenvalue weighted by molar-refractivity contribution is -0.666. The van der Waals surface area contributed by atoms with Gasteiger partial charge in [-0.25, -0.2) is 4.68 Å². The maximum absolute atomic E-state index is 12.8. The monoisotopic (exact) mass is 318 g/mol. The van der Waals surface area contributed by atoms with Crippen LogP contribution >= 0.6 is 11.8 Å². The zero-order valence-corrected chi connectivity index (χ0v) is 12.2. The van der Waals surface area contributed by atoms with Crippen LogP contribution in [0.1, 0.15) is 11.1 Å². The molecule has 0 unspecified atom stereocenters. The van der Waals surface area contributed by atoms with Gasteiger partial charge in [-0.05, 0) is 16.5 Å². The zero-order valence-electron chi connectivity index (χ0n) is 11.3. The Labute approximate surface area is 123 Å². The second-order valence-corrected chi connectivity index (χ2v) is 5.43. The molecule has 5 nitrogen and oxygen atoms in total. The predicted octanol–water partition coefficient (Wildman–Crippen LogP) is 1.08. The molecule has 114 valence electrons. The lowest BCUT2D eigenvalue weighted by Crippen LogP contribution is -2.83. The van der Waals surface area contributed by atoms with Gasteiger partial charge >= 0.3 is 6.18 Å². The zero-order chi connectivity index (χ0) is 15.3. The Hall–Kier alpha value is -1.61. The maximum Gasteiger partial charge on any atom is 0.416 e. The van der Waals surface area contributed by atoms with Crippen molar-refractivity contribution in [1.82, 2.24) is 20.2 Å². The summed E-state index contributed by atoms with van der Waals surface area (Å²) >= 11 is 1.47. The Morgan fingerprint density at radius 3 is 2.71 bits per heavy atom. The quantitative estimate of drug-likeness (QED) is 0.640. The number of thioether (sulfide) groups is 1. The summed E-state index contributed by atoms with van der Waals surface area (Å²) < 4.78 is 40.0. The Kier molecular flexibility index (Phi) is 5.18. The lowest BCUT2D eigenvalue weighted by Gasteiger charge is -2.11. The van der Waals surface area contributed by atoms with Gasteiger partial charge in [-0.3, -0.25) is 0 Å². The van der Waals surface area contributed by atoms with Crippen LogP contribution in [-0.2, 0) is 19.8 Å². The molecular weight excluding hydrogens is 303 g/mol. The molecule has 0 aliphatic rings. The van der Waals surface area contributed by atoms with Crippen molar-refractivity contribution >= 4 is 11.8 Å². The number of nitrogens with two attached hydrogens (primary N) is 1. The molecule has 0 atom stereocenters. The Morgan fingerprint density at radius 1 is 1.29 bits per heavy atom. The summed E-state index contributed by atoms with van der Waals surface area (Å²) in [5.74, 6) is 0.725. The van der Waals surface area contributed by atoms with Crippen molar-refractivity contribution in [2.45, 2.75) is 17.9 Å². The molecule has 0 saturated heterocycles. The number of hydrogen-bond donors (Lipinski definition) is 1. The van der Waals surface area contributed by atoms with Gasteiger partial charge in [-0.15, -0.1) is 5.10 Å². The van der Waals surface area contributed by atoms with Crippen LogP contribution in [0.4, 0.5) is 13.2 Å². The minimum Gasteiger partial charge on any atom is -0.342 e. The third kappa shape index (κ3) is 4.43. The van der Waals surface area contributed by atoms with E-state index in [0.29, 0.717) is 23.8 Å². The van der Waals surface area contributed by atoms with Crippen molar-refractivity contribution < 1.29 is 18.5 Å². The smallest absolute Gasteiger partial charge is 0.342 e. The SMILES string of the molecule is Cn1nnnc1SCC[NH2+]Cc1ccccc1C(F)(F)F. The fraction of sp³-hybridized carbons (Fsp3) is 0.417. The number of aromatic nitrogens is 4. The van der Waals surface area contributed by atoms with Gasteiger partial charge in [0.2, 0.25) is 5.16 Å². The van der Waals surface area contributed by atoms with Crippen LogP contribution < -0.4 is 5.32 Å². The summed E-state index contributed by atoms with van der Waals surface area (Å²) in [6, 6.07) is 5.66. The first-order chi connectivity index (χ1) is 9.98. The Balaban J connectivity index is 1.80. The number of hydrogen-bond acceptors (Lipinski definition) is 4. The van der Waals surface area contributed by atoms with E-state index in [2.05, 4.69) is 15.5 Å². The highest BCUT2D eigenvalue weighted by molar-refractivity contribution is 7.99. The molecule has 0 fully saturated rings. The maximum atomic E-state index is 12.8. The highest BCUT2D eigenvalue weighted by Gasteiger charge is 2.33.